The first-order chi connectivity index (χ1) is 11.1. The number of hydrogen-bond acceptors (Lipinski definition) is 4. The van der Waals surface area contributed by atoms with Crippen molar-refractivity contribution in [2.45, 2.75) is 19.0 Å². The molecule has 0 aromatic heterocycles. The lowest BCUT2D eigenvalue weighted by Gasteiger charge is -2.21. The molecule has 0 saturated carbocycles. The van der Waals surface area contributed by atoms with Crippen LogP contribution in [0, 0.1) is 6.92 Å². The van der Waals surface area contributed by atoms with E-state index in [1.54, 1.807) is 0 Å². The normalized spacial score (nSPS) is 13.5. The van der Waals surface area contributed by atoms with Gasteiger partial charge in [0.2, 0.25) is 0 Å². The van der Waals surface area contributed by atoms with Gasteiger partial charge < -0.3 is 15.8 Å². The van der Waals surface area contributed by atoms with Crippen LogP contribution in [0.2, 0.25) is 0 Å². The van der Waals surface area contributed by atoms with Crippen molar-refractivity contribution in [2.24, 2.45) is 5.73 Å². The van der Waals surface area contributed by atoms with E-state index in [1.807, 2.05) is 73.7 Å². The minimum Gasteiger partial charge on any atom is -0.468 e. The van der Waals surface area contributed by atoms with Crippen molar-refractivity contribution in [3.8, 4) is 0 Å². The van der Waals surface area contributed by atoms with Crippen LogP contribution in [0.4, 0.5) is 5.69 Å². The van der Waals surface area contributed by atoms with Gasteiger partial charge in [0.1, 0.15) is 6.04 Å². The van der Waals surface area contributed by atoms with Gasteiger partial charge in [-0.1, -0.05) is 60.2 Å². The monoisotopic (exact) mass is 310 g/mol. The van der Waals surface area contributed by atoms with E-state index in [2.05, 4.69) is 5.32 Å². The Kier molecular flexibility index (Phi) is 5.94. The quantitative estimate of drug-likeness (QED) is 0.805. The Balaban J connectivity index is 2.19. The molecular weight excluding hydrogens is 288 g/mol. The molecule has 0 aliphatic heterocycles. The average Bonchev–Trinajstić information content (AvgIpc) is 2.59. The lowest BCUT2D eigenvalue weighted by atomic mass is 10.1. The zero-order chi connectivity index (χ0) is 16.7. The van der Waals surface area contributed by atoms with Crippen molar-refractivity contribution in [1.29, 1.82) is 0 Å². The molecule has 0 spiro atoms. The Bertz CT molecular complexity index is 651. The van der Waals surface area contributed by atoms with Crippen LogP contribution in [-0.4, -0.2) is 25.2 Å². The third kappa shape index (κ3) is 4.97. The van der Waals surface area contributed by atoms with Crippen molar-refractivity contribution in [3.05, 3.63) is 71.8 Å². The highest BCUT2D eigenvalue weighted by Crippen LogP contribution is 2.13. The third-order valence-electron chi connectivity index (χ3n) is 3.54. The molecule has 0 saturated heterocycles. The number of aryl methyl sites for hydroxylation is 1. The third-order valence-corrected chi connectivity index (χ3v) is 3.54. The molecule has 2 aromatic carbocycles. The second-order valence-corrected chi connectivity index (χ2v) is 5.35. The van der Waals surface area contributed by atoms with Crippen LogP contribution in [0.25, 0.3) is 6.08 Å². The lowest BCUT2D eigenvalue weighted by molar-refractivity contribution is -0.142. The number of anilines is 1. The van der Waals surface area contributed by atoms with Gasteiger partial charge in [-0.25, -0.2) is 0 Å². The number of nitrogens with one attached hydrogen (secondary N) is 1. The molecule has 0 aliphatic rings. The fourth-order valence-corrected chi connectivity index (χ4v) is 2.16. The fourth-order valence-electron chi connectivity index (χ4n) is 2.16. The first-order valence-electron chi connectivity index (χ1n) is 7.50. The molecule has 3 N–H and O–H groups in total. The SMILES string of the molecule is COC(=O)[C@@H](N)[C@@H](/C=C/c1ccccc1)Nc1ccc(C)cc1. The topological polar surface area (TPSA) is 64.3 Å². The van der Waals surface area contributed by atoms with Crippen LogP contribution >= 0.6 is 0 Å². The number of rotatable bonds is 6. The lowest BCUT2D eigenvalue weighted by Crippen LogP contribution is -2.45. The molecule has 23 heavy (non-hydrogen) atoms. The number of carbonyl (C=O) groups excluding carboxylic acids is 1. The summed E-state index contributed by atoms with van der Waals surface area (Å²) in [5, 5.41) is 3.28. The van der Waals surface area contributed by atoms with Crippen molar-refractivity contribution in [3.63, 3.8) is 0 Å². The van der Waals surface area contributed by atoms with E-state index in [0.717, 1.165) is 11.3 Å². The second-order valence-electron chi connectivity index (χ2n) is 5.35. The van der Waals surface area contributed by atoms with Gasteiger partial charge in [0.25, 0.3) is 0 Å². The number of benzene rings is 2. The maximum absolute atomic E-state index is 11.8. The summed E-state index contributed by atoms with van der Waals surface area (Å²) in [5.74, 6) is -0.452. The summed E-state index contributed by atoms with van der Waals surface area (Å²) in [7, 11) is 1.34. The van der Waals surface area contributed by atoms with Gasteiger partial charge in [0, 0.05) is 5.69 Å². The minimum absolute atomic E-state index is 0.370. The molecule has 0 radical (unpaired) electrons. The molecule has 2 atom stereocenters. The average molecular weight is 310 g/mol. The number of carbonyl (C=O) groups is 1. The van der Waals surface area contributed by atoms with Gasteiger partial charge >= 0.3 is 5.97 Å². The predicted molar refractivity (Wildman–Crippen MR) is 94.1 cm³/mol. The zero-order valence-electron chi connectivity index (χ0n) is 13.4. The van der Waals surface area contributed by atoms with Crippen LogP contribution in [-0.2, 0) is 9.53 Å². The number of hydrogen-bond donors (Lipinski definition) is 2. The van der Waals surface area contributed by atoms with E-state index in [1.165, 1.54) is 12.7 Å². The van der Waals surface area contributed by atoms with Gasteiger partial charge in [-0.2, -0.15) is 0 Å². The molecule has 4 nitrogen and oxygen atoms in total. The van der Waals surface area contributed by atoms with Crippen molar-refractivity contribution < 1.29 is 9.53 Å². The summed E-state index contributed by atoms with van der Waals surface area (Å²) in [5.41, 5.74) is 9.14. The second kappa shape index (κ2) is 8.15. The summed E-state index contributed by atoms with van der Waals surface area (Å²) in [4.78, 5) is 11.8. The van der Waals surface area contributed by atoms with E-state index < -0.39 is 12.0 Å². The van der Waals surface area contributed by atoms with E-state index in [-0.39, 0.29) is 6.04 Å². The summed E-state index contributed by atoms with van der Waals surface area (Å²) < 4.78 is 4.76. The molecule has 0 heterocycles. The van der Waals surface area contributed by atoms with Crippen LogP contribution in [0.15, 0.2) is 60.7 Å². The Hall–Kier alpha value is -2.59. The van der Waals surface area contributed by atoms with Gasteiger partial charge in [0.05, 0.1) is 13.2 Å². The minimum atomic E-state index is -0.790. The Labute approximate surface area is 137 Å². The fraction of sp³-hybridized carbons (Fsp3) is 0.211. The largest absolute Gasteiger partial charge is 0.468 e. The highest BCUT2D eigenvalue weighted by Gasteiger charge is 2.23. The number of ether oxygens (including phenoxy) is 1. The Morgan fingerprint density at radius 1 is 1.13 bits per heavy atom. The van der Waals surface area contributed by atoms with Crippen LogP contribution < -0.4 is 11.1 Å². The molecule has 2 aromatic rings. The van der Waals surface area contributed by atoms with E-state index >= 15 is 0 Å². The molecular formula is C19H22N2O2. The molecule has 0 fully saturated rings. The summed E-state index contributed by atoms with van der Waals surface area (Å²) >= 11 is 0. The number of esters is 1. The number of nitrogens with two attached hydrogens (primary N) is 1. The maximum atomic E-state index is 11.8. The van der Waals surface area contributed by atoms with Crippen LogP contribution in [0.1, 0.15) is 11.1 Å². The molecule has 2 rings (SSSR count). The van der Waals surface area contributed by atoms with E-state index in [0.29, 0.717) is 0 Å². The molecule has 4 heteroatoms. The van der Waals surface area contributed by atoms with Gasteiger partial charge in [-0.15, -0.1) is 0 Å². The van der Waals surface area contributed by atoms with Gasteiger partial charge in [-0.05, 0) is 24.6 Å². The Morgan fingerprint density at radius 2 is 1.78 bits per heavy atom. The van der Waals surface area contributed by atoms with E-state index in [9.17, 15) is 4.79 Å². The summed E-state index contributed by atoms with van der Waals surface area (Å²) in [6.07, 6.45) is 3.82. The molecule has 0 aliphatic carbocycles. The van der Waals surface area contributed by atoms with Gasteiger partial charge in [0.15, 0.2) is 0 Å². The van der Waals surface area contributed by atoms with Crippen LogP contribution in [0.5, 0.6) is 0 Å². The van der Waals surface area contributed by atoms with Crippen molar-refractivity contribution >= 4 is 17.7 Å². The molecule has 0 amide bonds. The molecule has 0 unspecified atom stereocenters. The van der Waals surface area contributed by atoms with E-state index in [4.69, 9.17) is 10.5 Å². The highest BCUT2D eigenvalue weighted by atomic mass is 16.5. The smallest absolute Gasteiger partial charge is 0.325 e. The standard InChI is InChI=1S/C19H22N2O2/c1-14-8-11-16(12-9-14)21-17(18(20)19(22)23-2)13-10-15-6-4-3-5-7-15/h3-13,17-18,21H,20H2,1-2H3/b13-10+/t17-,18+/m1/s1. The molecule has 0 bridgehead atoms. The van der Waals surface area contributed by atoms with Crippen molar-refractivity contribution in [1.82, 2.24) is 0 Å². The highest BCUT2D eigenvalue weighted by molar-refractivity contribution is 5.78. The Morgan fingerprint density at radius 3 is 2.39 bits per heavy atom. The van der Waals surface area contributed by atoms with Crippen LogP contribution in [0.3, 0.4) is 0 Å². The first kappa shape index (κ1) is 16.8. The maximum Gasteiger partial charge on any atom is 0.325 e. The zero-order valence-corrected chi connectivity index (χ0v) is 13.4. The first-order valence-corrected chi connectivity index (χ1v) is 7.50. The summed E-state index contributed by atoms with van der Waals surface area (Å²) in [6.45, 7) is 2.02. The van der Waals surface area contributed by atoms with Gasteiger partial charge in [-0.3, -0.25) is 4.79 Å². The predicted octanol–water partition coefficient (Wildman–Crippen LogP) is 2.99. The number of methoxy groups -OCH3 is 1. The molecule has 120 valence electrons. The summed E-state index contributed by atoms with van der Waals surface area (Å²) in [6, 6.07) is 16.6. The van der Waals surface area contributed by atoms with Crippen molar-refractivity contribution in [2.75, 3.05) is 12.4 Å².